The van der Waals surface area contributed by atoms with Crippen molar-refractivity contribution >= 4 is 23.6 Å². The molecule has 8 nitrogen and oxygen atoms in total. The molecule has 0 unspecified atom stereocenters. The molecular weight excluding hydrogens is 405 g/mol. The molecule has 2 aromatic rings. The normalized spacial score (nSPS) is 23.1. The molecule has 2 N–H and O–H groups in total. The number of nitrogens with zero attached hydrogens (tertiary/aromatic N) is 2. The molecule has 1 aromatic carbocycles. The SMILES string of the molecule is NC(=O)c1cc(COC(=O)N2CCC3(CC(Oc4ccc(Cl)c(F)c4)C3)C2)on1. The van der Waals surface area contributed by atoms with Gasteiger partial charge in [-0.05, 0) is 36.8 Å². The molecule has 4 rings (SSSR count). The van der Waals surface area contributed by atoms with E-state index in [2.05, 4.69) is 5.16 Å². The van der Waals surface area contributed by atoms with E-state index in [1.165, 1.54) is 18.2 Å². The maximum absolute atomic E-state index is 13.5. The van der Waals surface area contributed by atoms with Crippen molar-refractivity contribution in [3.8, 4) is 5.75 Å². The standard InChI is InChI=1S/C19H19ClFN3O5/c20-14-2-1-11(5-15(14)21)28-13-7-19(8-13)3-4-24(10-19)18(26)27-9-12-6-16(17(22)25)23-29-12/h1-2,5-6,13H,3-4,7-10H2,(H2,22,25). The fraction of sp³-hybridized carbons (Fsp3) is 0.421. The molecule has 1 saturated carbocycles. The molecule has 10 heteroatoms. The van der Waals surface area contributed by atoms with Crippen molar-refractivity contribution in [3.63, 3.8) is 0 Å². The first-order chi connectivity index (χ1) is 13.8. The van der Waals surface area contributed by atoms with Gasteiger partial charge in [-0.2, -0.15) is 0 Å². The van der Waals surface area contributed by atoms with Crippen molar-refractivity contribution in [3.05, 3.63) is 46.6 Å². The second-order valence-corrected chi connectivity index (χ2v) is 7.90. The maximum Gasteiger partial charge on any atom is 0.410 e. The Balaban J connectivity index is 1.24. The summed E-state index contributed by atoms with van der Waals surface area (Å²) in [6, 6.07) is 5.73. The van der Waals surface area contributed by atoms with Gasteiger partial charge in [0.15, 0.2) is 18.1 Å². The number of hydrogen-bond donors (Lipinski definition) is 1. The third kappa shape index (κ3) is 4.14. The molecule has 1 aliphatic heterocycles. The van der Waals surface area contributed by atoms with Crippen molar-refractivity contribution in [1.82, 2.24) is 10.1 Å². The zero-order valence-corrected chi connectivity index (χ0v) is 16.2. The van der Waals surface area contributed by atoms with E-state index in [-0.39, 0.29) is 34.6 Å². The number of nitrogens with two attached hydrogens (primary N) is 1. The number of halogens is 2. The average Bonchev–Trinajstić information content (AvgIpc) is 3.30. The van der Waals surface area contributed by atoms with Gasteiger partial charge < -0.3 is 24.6 Å². The van der Waals surface area contributed by atoms with Crippen molar-refractivity contribution < 1.29 is 28.0 Å². The van der Waals surface area contributed by atoms with Gasteiger partial charge in [-0.3, -0.25) is 4.79 Å². The van der Waals surface area contributed by atoms with Crippen molar-refractivity contribution in [2.24, 2.45) is 11.1 Å². The van der Waals surface area contributed by atoms with Crippen LogP contribution in [-0.2, 0) is 11.3 Å². The van der Waals surface area contributed by atoms with Gasteiger partial charge in [0.25, 0.3) is 5.91 Å². The lowest BCUT2D eigenvalue weighted by Crippen LogP contribution is -2.46. The van der Waals surface area contributed by atoms with Crippen LogP contribution in [0.25, 0.3) is 0 Å². The van der Waals surface area contributed by atoms with Crippen molar-refractivity contribution in [2.45, 2.75) is 32.0 Å². The Morgan fingerprint density at radius 3 is 2.86 bits per heavy atom. The molecule has 0 atom stereocenters. The number of amides is 2. The van der Waals surface area contributed by atoms with Crippen LogP contribution in [0.2, 0.25) is 5.02 Å². The smallest absolute Gasteiger partial charge is 0.410 e. The Labute approximate surface area is 170 Å². The summed E-state index contributed by atoms with van der Waals surface area (Å²) in [5.41, 5.74) is 5.08. The zero-order valence-electron chi connectivity index (χ0n) is 15.4. The number of likely N-dealkylation sites (tertiary alicyclic amines) is 1. The van der Waals surface area contributed by atoms with Crippen LogP contribution in [-0.4, -0.2) is 41.3 Å². The van der Waals surface area contributed by atoms with E-state index >= 15 is 0 Å². The van der Waals surface area contributed by atoms with Crippen LogP contribution in [0.5, 0.6) is 5.75 Å². The minimum Gasteiger partial charge on any atom is -0.490 e. The Morgan fingerprint density at radius 2 is 2.17 bits per heavy atom. The van der Waals surface area contributed by atoms with Gasteiger partial charge in [-0.25, -0.2) is 9.18 Å². The second kappa shape index (κ2) is 7.55. The highest BCUT2D eigenvalue weighted by Crippen LogP contribution is 2.49. The van der Waals surface area contributed by atoms with Crippen molar-refractivity contribution in [1.29, 1.82) is 0 Å². The predicted molar refractivity (Wildman–Crippen MR) is 98.9 cm³/mol. The molecule has 1 saturated heterocycles. The Kier molecular flexibility index (Phi) is 5.08. The molecule has 2 aliphatic rings. The second-order valence-electron chi connectivity index (χ2n) is 7.49. The summed E-state index contributed by atoms with van der Waals surface area (Å²) < 4.78 is 29.5. The molecule has 154 valence electrons. The van der Waals surface area contributed by atoms with E-state index in [4.69, 9.17) is 31.3 Å². The summed E-state index contributed by atoms with van der Waals surface area (Å²) in [7, 11) is 0. The molecule has 2 fully saturated rings. The summed E-state index contributed by atoms with van der Waals surface area (Å²) in [5, 5.41) is 3.55. The average molecular weight is 424 g/mol. The lowest BCUT2D eigenvalue weighted by Gasteiger charge is -2.44. The fourth-order valence-electron chi connectivity index (χ4n) is 3.88. The van der Waals surface area contributed by atoms with Gasteiger partial charge in [0.1, 0.15) is 11.6 Å². The monoisotopic (exact) mass is 423 g/mol. The first kappa shape index (κ1) is 19.5. The fourth-order valence-corrected chi connectivity index (χ4v) is 4.00. The number of hydrogen-bond acceptors (Lipinski definition) is 6. The number of aromatic nitrogens is 1. The number of rotatable bonds is 5. The van der Waals surface area contributed by atoms with Crippen LogP contribution in [0.1, 0.15) is 35.5 Å². The number of carbonyl (C=O) groups is 2. The topological polar surface area (TPSA) is 108 Å². The number of ether oxygens (including phenoxy) is 2. The molecule has 1 aromatic heterocycles. The molecule has 1 spiro atoms. The predicted octanol–water partition coefficient (Wildman–Crippen LogP) is 3.14. The Morgan fingerprint density at radius 1 is 1.38 bits per heavy atom. The van der Waals surface area contributed by atoms with Gasteiger partial charge in [-0.15, -0.1) is 0 Å². The molecule has 0 radical (unpaired) electrons. The first-order valence-electron chi connectivity index (χ1n) is 9.12. The Hall–Kier alpha value is -2.81. The highest BCUT2D eigenvalue weighted by molar-refractivity contribution is 6.30. The van der Waals surface area contributed by atoms with E-state index in [0.29, 0.717) is 18.8 Å². The molecule has 2 amide bonds. The summed E-state index contributed by atoms with van der Waals surface area (Å²) in [4.78, 5) is 24.9. The molecular formula is C19H19ClFN3O5. The van der Waals surface area contributed by atoms with Crippen LogP contribution in [0.3, 0.4) is 0 Å². The van der Waals surface area contributed by atoms with Gasteiger partial charge >= 0.3 is 6.09 Å². The van der Waals surface area contributed by atoms with Crippen molar-refractivity contribution in [2.75, 3.05) is 13.1 Å². The van der Waals surface area contributed by atoms with Gasteiger partial charge in [0.2, 0.25) is 0 Å². The van der Waals surface area contributed by atoms with Crippen LogP contribution < -0.4 is 10.5 Å². The minimum atomic E-state index is -0.712. The first-order valence-corrected chi connectivity index (χ1v) is 9.50. The number of carbonyl (C=O) groups excluding carboxylic acids is 2. The summed E-state index contributed by atoms with van der Waals surface area (Å²) >= 11 is 5.68. The van der Waals surface area contributed by atoms with Gasteiger partial charge in [-0.1, -0.05) is 16.8 Å². The highest BCUT2D eigenvalue weighted by Gasteiger charge is 2.51. The lowest BCUT2D eigenvalue weighted by molar-refractivity contribution is -0.00890. The van der Waals surface area contributed by atoms with Crippen LogP contribution in [0, 0.1) is 11.2 Å². The van der Waals surface area contributed by atoms with Gasteiger partial charge in [0, 0.05) is 25.2 Å². The van der Waals surface area contributed by atoms with E-state index in [0.717, 1.165) is 19.3 Å². The Bertz CT molecular complexity index is 944. The molecule has 29 heavy (non-hydrogen) atoms. The number of benzene rings is 1. The lowest BCUT2D eigenvalue weighted by atomic mass is 9.66. The van der Waals surface area contributed by atoms with E-state index in [1.807, 2.05) is 0 Å². The summed E-state index contributed by atoms with van der Waals surface area (Å²) in [6.45, 7) is 1.03. The summed E-state index contributed by atoms with van der Waals surface area (Å²) in [6.07, 6.45) is 1.94. The van der Waals surface area contributed by atoms with Crippen LogP contribution in [0.4, 0.5) is 9.18 Å². The zero-order chi connectivity index (χ0) is 20.6. The largest absolute Gasteiger partial charge is 0.490 e. The van der Waals surface area contributed by atoms with Crippen LogP contribution in [0.15, 0.2) is 28.8 Å². The molecule has 1 aliphatic carbocycles. The van der Waals surface area contributed by atoms with E-state index in [9.17, 15) is 14.0 Å². The number of primary amides is 1. The molecule has 0 bridgehead atoms. The van der Waals surface area contributed by atoms with E-state index < -0.39 is 17.8 Å². The van der Waals surface area contributed by atoms with E-state index in [1.54, 1.807) is 11.0 Å². The third-order valence-corrected chi connectivity index (χ3v) is 5.67. The third-order valence-electron chi connectivity index (χ3n) is 5.36. The van der Waals surface area contributed by atoms with Crippen LogP contribution >= 0.6 is 11.6 Å². The highest BCUT2D eigenvalue weighted by atomic mass is 35.5. The minimum absolute atomic E-state index is 0.0000322. The summed E-state index contributed by atoms with van der Waals surface area (Å²) in [5.74, 6) is -0.532. The maximum atomic E-state index is 13.5. The van der Waals surface area contributed by atoms with Gasteiger partial charge in [0.05, 0.1) is 11.1 Å². The quantitative estimate of drug-likeness (QED) is 0.791. The molecule has 2 heterocycles.